The van der Waals surface area contributed by atoms with E-state index in [9.17, 15) is 5.11 Å². The minimum absolute atomic E-state index is 0.469. The summed E-state index contributed by atoms with van der Waals surface area (Å²) in [6.07, 6.45) is 0.176. The van der Waals surface area contributed by atoms with Crippen LogP contribution in [0.4, 0.5) is 0 Å². The molecule has 0 bridgehead atoms. The number of ether oxygens (including phenoxy) is 1. The summed E-state index contributed by atoms with van der Waals surface area (Å²) in [5, 5.41) is 10.3. The molecule has 106 valence electrons. The number of aliphatic hydroxyl groups is 1. The Labute approximate surface area is 131 Å². The molecule has 0 aliphatic heterocycles. The van der Waals surface area contributed by atoms with E-state index in [2.05, 4.69) is 48.8 Å². The molecule has 4 heteroatoms. The molecular formula is C15H23IO2Si. The van der Waals surface area contributed by atoms with Crippen LogP contribution in [0, 0.1) is 3.57 Å². The maximum atomic E-state index is 10.3. The van der Waals surface area contributed by atoms with Crippen LogP contribution in [0.2, 0.25) is 25.7 Å². The Kier molecular flexibility index (Phi) is 6.07. The Morgan fingerprint density at radius 3 is 2.53 bits per heavy atom. The van der Waals surface area contributed by atoms with Crippen molar-refractivity contribution < 1.29 is 9.84 Å². The van der Waals surface area contributed by atoms with E-state index in [1.807, 2.05) is 18.2 Å². The van der Waals surface area contributed by atoms with Crippen LogP contribution >= 0.6 is 22.6 Å². The summed E-state index contributed by atoms with van der Waals surface area (Å²) in [6.45, 7) is 11.1. The van der Waals surface area contributed by atoms with Gasteiger partial charge in [0.05, 0.1) is 16.8 Å². The fourth-order valence-electron chi connectivity index (χ4n) is 2.10. The van der Waals surface area contributed by atoms with Gasteiger partial charge < -0.3 is 9.84 Å². The summed E-state index contributed by atoms with van der Waals surface area (Å²) in [5.41, 5.74) is 2.08. The molecule has 0 aliphatic rings. The van der Waals surface area contributed by atoms with Gasteiger partial charge in [-0.1, -0.05) is 31.3 Å². The summed E-state index contributed by atoms with van der Waals surface area (Å²) in [6, 6.07) is 6.87. The van der Waals surface area contributed by atoms with Crippen LogP contribution in [0.15, 0.2) is 30.4 Å². The number of halogens is 1. The molecule has 0 saturated carbocycles. The molecular weight excluding hydrogens is 367 g/mol. The van der Waals surface area contributed by atoms with Gasteiger partial charge in [0, 0.05) is 8.07 Å². The lowest BCUT2D eigenvalue weighted by atomic mass is 10.0. The standard InChI is InChI=1S/C15H23IO2Si/c1-11(10-19(3,4)5)8-14(17)12-6-7-15(18-2)13(16)9-12/h6-7,9,14,17H,1,8,10H2,2-5H3. The van der Waals surface area contributed by atoms with Crippen molar-refractivity contribution in [1.82, 2.24) is 0 Å². The highest BCUT2D eigenvalue weighted by molar-refractivity contribution is 14.1. The van der Waals surface area contributed by atoms with Crippen LogP contribution in [-0.2, 0) is 0 Å². The third kappa shape index (κ3) is 5.67. The fraction of sp³-hybridized carbons (Fsp3) is 0.467. The second-order valence-electron chi connectivity index (χ2n) is 6.10. The van der Waals surface area contributed by atoms with Gasteiger partial charge >= 0.3 is 0 Å². The van der Waals surface area contributed by atoms with Crippen LogP contribution in [0.1, 0.15) is 18.1 Å². The van der Waals surface area contributed by atoms with Crippen LogP contribution in [0.25, 0.3) is 0 Å². The zero-order valence-corrected chi connectivity index (χ0v) is 15.3. The van der Waals surface area contributed by atoms with E-state index in [1.165, 1.54) is 0 Å². The van der Waals surface area contributed by atoms with Crippen molar-refractivity contribution in [2.24, 2.45) is 0 Å². The van der Waals surface area contributed by atoms with Gasteiger partial charge in [-0.05, 0) is 52.8 Å². The Morgan fingerprint density at radius 2 is 2.05 bits per heavy atom. The van der Waals surface area contributed by atoms with Gasteiger partial charge in [0.2, 0.25) is 0 Å². The molecule has 2 nitrogen and oxygen atoms in total. The second kappa shape index (κ2) is 6.90. The first-order valence-electron chi connectivity index (χ1n) is 6.41. The Bertz CT molecular complexity index is 452. The van der Waals surface area contributed by atoms with Gasteiger partial charge in [0.15, 0.2) is 0 Å². The van der Waals surface area contributed by atoms with E-state index in [-0.39, 0.29) is 0 Å². The fourth-order valence-corrected chi connectivity index (χ4v) is 4.51. The lowest BCUT2D eigenvalue weighted by Crippen LogP contribution is -2.20. The van der Waals surface area contributed by atoms with Crippen LogP contribution in [0.5, 0.6) is 5.75 Å². The van der Waals surface area contributed by atoms with Crippen molar-refractivity contribution in [3.8, 4) is 5.75 Å². The lowest BCUT2D eigenvalue weighted by molar-refractivity contribution is 0.178. The zero-order valence-electron chi connectivity index (χ0n) is 12.2. The quantitative estimate of drug-likeness (QED) is 0.437. The minimum Gasteiger partial charge on any atom is -0.496 e. The predicted octanol–water partition coefficient (Wildman–Crippen LogP) is 4.62. The molecule has 0 aliphatic carbocycles. The molecule has 1 atom stereocenters. The molecule has 0 saturated heterocycles. The van der Waals surface area contributed by atoms with Crippen molar-refractivity contribution in [3.63, 3.8) is 0 Å². The SMILES string of the molecule is C=C(CC(O)c1ccc(OC)c(I)c1)C[Si](C)(C)C. The van der Waals surface area contributed by atoms with Crippen molar-refractivity contribution in [2.45, 2.75) is 38.2 Å². The number of hydrogen-bond donors (Lipinski definition) is 1. The first-order valence-corrected chi connectivity index (χ1v) is 11.2. The third-order valence-electron chi connectivity index (χ3n) is 2.82. The van der Waals surface area contributed by atoms with E-state index < -0.39 is 14.2 Å². The average molecular weight is 390 g/mol. The molecule has 0 heterocycles. The van der Waals surface area contributed by atoms with Crippen LogP contribution in [0.3, 0.4) is 0 Å². The topological polar surface area (TPSA) is 29.5 Å². The summed E-state index contributed by atoms with van der Waals surface area (Å²) < 4.78 is 6.25. The van der Waals surface area contributed by atoms with Gasteiger partial charge in [0.25, 0.3) is 0 Å². The van der Waals surface area contributed by atoms with Gasteiger partial charge in [0.1, 0.15) is 5.75 Å². The normalized spacial score (nSPS) is 13.2. The molecule has 1 unspecified atom stereocenters. The van der Waals surface area contributed by atoms with E-state index in [0.717, 1.165) is 26.5 Å². The average Bonchev–Trinajstić information content (AvgIpc) is 2.26. The van der Waals surface area contributed by atoms with E-state index >= 15 is 0 Å². The zero-order chi connectivity index (χ0) is 14.6. The van der Waals surface area contributed by atoms with Crippen molar-refractivity contribution in [3.05, 3.63) is 39.5 Å². The summed E-state index contributed by atoms with van der Waals surface area (Å²) in [7, 11) is 0.510. The molecule has 0 amide bonds. The maximum absolute atomic E-state index is 10.3. The van der Waals surface area contributed by atoms with Gasteiger partial charge in [-0.2, -0.15) is 0 Å². The smallest absolute Gasteiger partial charge is 0.132 e. The Balaban J connectivity index is 2.70. The van der Waals surface area contributed by atoms with Crippen molar-refractivity contribution in [2.75, 3.05) is 7.11 Å². The Morgan fingerprint density at radius 1 is 1.42 bits per heavy atom. The highest BCUT2D eigenvalue weighted by atomic mass is 127. The maximum Gasteiger partial charge on any atom is 0.132 e. The second-order valence-corrected chi connectivity index (χ2v) is 12.7. The van der Waals surface area contributed by atoms with Gasteiger partial charge in [-0.15, -0.1) is 6.58 Å². The van der Waals surface area contributed by atoms with E-state index in [0.29, 0.717) is 6.42 Å². The number of aliphatic hydroxyl groups excluding tert-OH is 1. The van der Waals surface area contributed by atoms with Crippen LogP contribution in [-0.4, -0.2) is 20.3 Å². The molecule has 1 rings (SSSR count). The molecule has 1 N–H and O–H groups in total. The predicted molar refractivity (Wildman–Crippen MR) is 92.6 cm³/mol. The van der Waals surface area contributed by atoms with Gasteiger partial charge in [-0.25, -0.2) is 0 Å². The largest absolute Gasteiger partial charge is 0.496 e. The molecule has 0 aromatic heterocycles. The van der Waals surface area contributed by atoms with E-state index in [4.69, 9.17) is 4.74 Å². The Hall–Kier alpha value is -0.333. The summed E-state index contributed by atoms with van der Waals surface area (Å²) in [5.74, 6) is 0.845. The highest BCUT2D eigenvalue weighted by Gasteiger charge is 2.17. The van der Waals surface area contributed by atoms with E-state index in [1.54, 1.807) is 7.11 Å². The highest BCUT2D eigenvalue weighted by Crippen LogP contribution is 2.29. The summed E-state index contributed by atoms with van der Waals surface area (Å²) >= 11 is 2.22. The summed E-state index contributed by atoms with van der Waals surface area (Å²) in [4.78, 5) is 0. The third-order valence-corrected chi connectivity index (χ3v) is 5.23. The van der Waals surface area contributed by atoms with Gasteiger partial charge in [-0.3, -0.25) is 0 Å². The first kappa shape index (κ1) is 16.7. The molecule has 1 aromatic carbocycles. The lowest BCUT2D eigenvalue weighted by Gasteiger charge is -2.20. The number of rotatable bonds is 6. The molecule has 1 aromatic rings. The molecule has 0 radical (unpaired) electrons. The van der Waals surface area contributed by atoms with Crippen molar-refractivity contribution >= 4 is 30.7 Å². The first-order chi connectivity index (χ1) is 8.73. The number of methoxy groups -OCH3 is 1. The molecule has 19 heavy (non-hydrogen) atoms. The molecule has 0 spiro atoms. The molecule has 0 fully saturated rings. The number of benzene rings is 1. The van der Waals surface area contributed by atoms with Crippen molar-refractivity contribution in [1.29, 1.82) is 0 Å². The minimum atomic E-state index is -1.15. The van der Waals surface area contributed by atoms with Crippen LogP contribution < -0.4 is 4.74 Å². The monoisotopic (exact) mass is 390 g/mol. The number of hydrogen-bond acceptors (Lipinski definition) is 2.